The molecular formula is C14H17IN2O. The number of rotatable bonds is 1. The maximum atomic E-state index is 12.6. The second kappa shape index (κ2) is 4.81. The van der Waals surface area contributed by atoms with Gasteiger partial charge in [0.15, 0.2) is 0 Å². The Labute approximate surface area is 121 Å². The van der Waals surface area contributed by atoms with Gasteiger partial charge in [-0.15, -0.1) is 0 Å². The van der Waals surface area contributed by atoms with E-state index in [-0.39, 0.29) is 5.91 Å². The summed E-state index contributed by atoms with van der Waals surface area (Å²) in [5.74, 6) is 1.53. The van der Waals surface area contributed by atoms with Crippen molar-refractivity contribution in [3.05, 3.63) is 32.9 Å². The van der Waals surface area contributed by atoms with E-state index in [4.69, 9.17) is 0 Å². The number of carbonyl (C=O) groups excluding carboxylic acids is 1. The topological polar surface area (TPSA) is 32.3 Å². The molecule has 2 aliphatic rings. The predicted molar refractivity (Wildman–Crippen MR) is 79.6 cm³/mol. The van der Waals surface area contributed by atoms with Gasteiger partial charge in [-0.2, -0.15) is 0 Å². The third-order valence-electron chi connectivity index (χ3n) is 4.10. The van der Waals surface area contributed by atoms with Gasteiger partial charge in [0, 0.05) is 29.7 Å². The Balaban J connectivity index is 1.81. The van der Waals surface area contributed by atoms with Gasteiger partial charge in [-0.25, -0.2) is 0 Å². The Morgan fingerprint density at radius 3 is 2.67 bits per heavy atom. The fourth-order valence-electron chi connectivity index (χ4n) is 3.00. The second-order valence-corrected chi connectivity index (χ2v) is 6.40. The highest BCUT2D eigenvalue weighted by atomic mass is 127. The summed E-state index contributed by atoms with van der Waals surface area (Å²) < 4.78 is 1.09. The maximum absolute atomic E-state index is 12.6. The Morgan fingerprint density at radius 2 is 2.00 bits per heavy atom. The molecule has 0 spiro atoms. The Bertz CT molecular complexity index is 477. The summed E-state index contributed by atoms with van der Waals surface area (Å²) in [6.07, 6.45) is 0. The van der Waals surface area contributed by atoms with Crippen LogP contribution in [0, 0.1) is 22.3 Å². The van der Waals surface area contributed by atoms with Crippen molar-refractivity contribution in [1.29, 1.82) is 0 Å². The van der Waals surface area contributed by atoms with E-state index in [1.165, 1.54) is 5.56 Å². The summed E-state index contributed by atoms with van der Waals surface area (Å²) in [6.45, 7) is 6.03. The van der Waals surface area contributed by atoms with Crippen LogP contribution in [0.2, 0.25) is 0 Å². The molecule has 2 saturated heterocycles. The fourth-order valence-corrected chi connectivity index (χ4v) is 3.59. The molecule has 1 amide bonds. The molecule has 1 aromatic carbocycles. The molecule has 2 aliphatic heterocycles. The number of nitrogens with one attached hydrogen (secondary N) is 1. The molecule has 0 saturated carbocycles. The zero-order chi connectivity index (χ0) is 12.7. The summed E-state index contributed by atoms with van der Waals surface area (Å²) in [5.41, 5.74) is 2.05. The van der Waals surface area contributed by atoms with Crippen LogP contribution in [-0.4, -0.2) is 37.0 Å². The number of halogens is 1. The van der Waals surface area contributed by atoms with Crippen LogP contribution in [-0.2, 0) is 0 Å². The standard InChI is InChI=1S/C14H17IN2O/c1-9-3-2-4-12(13(9)15)14(18)17-7-10-5-16-6-11(10)8-17/h2-4,10-11,16H,5-8H2,1H3/t10-,11+. The van der Waals surface area contributed by atoms with Gasteiger partial charge in [0.25, 0.3) is 5.91 Å². The number of carbonyl (C=O) groups is 1. The molecule has 0 radical (unpaired) electrons. The van der Waals surface area contributed by atoms with Gasteiger partial charge in [-0.1, -0.05) is 12.1 Å². The third-order valence-corrected chi connectivity index (χ3v) is 5.53. The van der Waals surface area contributed by atoms with Crippen LogP contribution < -0.4 is 5.32 Å². The molecular weight excluding hydrogens is 339 g/mol. The smallest absolute Gasteiger partial charge is 0.254 e. The SMILES string of the molecule is Cc1cccc(C(=O)N2C[C@H]3CNC[C@H]3C2)c1I. The Hall–Kier alpha value is -0.620. The average Bonchev–Trinajstić information content (AvgIpc) is 2.92. The molecule has 18 heavy (non-hydrogen) atoms. The first-order valence-corrected chi connectivity index (χ1v) is 7.50. The summed E-state index contributed by atoms with van der Waals surface area (Å²) in [7, 11) is 0. The van der Waals surface area contributed by atoms with E-state index in [0.717, 1.165) is 35.3 Å². The van der Waals surface area contributed by atoms with E-state index in [9.17, 15) is 4.79 Å². The second-order valence-electron chi connectivity index (χ2n) is 5.32. The molecule has 0 aromatic heterocycles. The first-order valence-electron chi connectivity index (χ1n) is 6.42. The first kappa shape index (κ1) is 12.4. The molecule has 3 nitrogen and oxygen atoms in total. The predicted octanol–water partition coefficient (Wildman–Crippen LogP) is 1.89. The minimum atomic E-state index is 0.206. The quantitative estimate of drug-likeness (QED) is 0.780. The van der Waals surface area contributed by atoms with Crippen LogP contribution >= 0.6 is 22.6 Å². The van der Waals surface area contributed by atoms with Gasteiger partial charge in [0.05, 0.1) is 5.56 Å². The maximum Gasteiger partial charge on any atom is 0.254 e. The molecule has 2 atom stereocenters. The van der Waals surface area contributed by atoms with Crippen molar-refractivity contribution in [2.24, 2.45) is 11.8 Å². The van der Waals surface area contributed by atoms with Gasteiger partial charge < -0.3 is 10.2 Å². The Morgan fingerprint density at radius 1 is 1.33 bits per heavy atom. The van der Waals surface area contributed by atoms with Gasteiger partial charge >= 0.3 is 0 Å². The van der Waals surface area contributed by atoms with Gasteiger partial charge in [-0.3, -0.25) is 4.79 Å². The van der Waals surface area contributed by atoms with Gasteiger partial charge in [-0.05, 0) is 53.0 Å². The van der Waals surface area contributed by atoms with E-state index in [0.29, 0.717) is 11.8 Å². The first-order chi connectivity index (χ1) is 8.66. The van der Waals surface area contributed by atoms with E-state index in [2.05, 4.69) is 40.9 Å². The third kappa shape index (κ3) is 2.05. The van der Waals surface area contributed by atoms with E-state index in [1.807, 2.05) is 17.0 Å². The van der Waals surface area contributed by atoms with Crippen molar-refractivity contribution < 1.29 is 4.79 Å². The highest BCUT2D eigenvalue weighted by Crippen LogP contribution is 2.28. The fraction of sp³-hybridized carbons (Fsp3) is 0.500. The normalized spacial score (nSPS) is 26.4. The highest BCUT2D eigenvalue weighted by Gasteiger charge is 2.38. The van der Waals surface area contributed by atoms with Crippen molar-refractivity contribution in [2.45, 2.75) is 6.92 Å². The summed E-state index contributed by atoms with van der Waals surface area (Å²) in [6, 6.07) is 5.98. The molecule has 3 rings (SSSR count). The minimum absolute atomic E-state index is 0.206. The van der Waals surface area contributed by atoms with Gasteiger partial charge in [0.1, 0.15) is 0 Å². The zero-order valence-corrected chi connectivity index (χ0v) is 12.6. The number of likely N-dealkylation sites (tertiary alicyclic amines) is 1. The van der Waals surface area contributed by atoms with Crippen LogP contribution in [0.25, 0.3) is 0 Å². The molecule has 2 heterocycles. The van der Waals surface area contributed by atoms with Crippen LogP contribution in [0.5, 0.6) is 0 Å². The molecule has 96 valence electrons. The van der Waals surface area contributed by atoms with Crippen LogP contribution in [0.15, 0.2) is 18.2 Å². The molecule has 0 aliphatic carbocycles. The van der Waals surface area contributed by atoms with Crippen molar-refractivity contribution in [2.75, 3.05) is 26.2 Å². The van der Waals surface area contributed by atoms with E-state index < -0.39 is 0 Å². The highest BCUT2D eigenvalue weighted by molar-refractivity contribution is 14.1. The lowest BCUT2D eigenvalue weighted by Gasteiger charge is -2.18. The number of hydrogen-bond donors (Lipinski definition) is 1. The number of benzene rings is 1. The van der Waals surface area contributed by atoms with Crippen LogP contribution in [0.4, 0.5) is 0 Å². The van der Waals surface area contributed by atoms with Gasteiger partial charge in [0.2, 0.25) is 0 Å². The van der Waals surface area contributed by atoms with E-state index >= 15 is 0 Å². The Kier molecular flexibility index (Phi) is 3.32. The molecule has 4 heteroatoms. The summed E-state index contributed by atoms with van der Waals surface area (Å²) in [4.78, 5) is 14.6. The number of aryl methyl sites for hydroxylation is 1. The summed E-state index contributed by atoms with van der Waals surface area (Å²) in [5, 5.41) is 3.40. The van der Waals surface area contributed by atoms with E-state index in [1.54, 1.807) is 0 Å². The average molecular weight is 356 g/mol. The lowest BCUT2D eigenvalue weighted by Crippen LogP contribution is -2.32. The number of hydrogen-bond acceptors (Lipinski definition) is 2. The molecule has 1 aromatic rings. The monoisotopic (exact) mass is 356 g/mol. The van der Waals surface area contributed by atoms with Crippen LogP contribution in [0.3, 0.4) is 0 Å². The largest absolute Gasteiger partial charge is 0.338 e. The van der Waals surface area contributed by atoms with Crippen molar-refractivity contribution >= 4 is 28.5 Å². The van der Waals surface area contributed by atoms with Crippen molar-refractivity contribution in [1.82, 2.24) is 10.2 Å². The molecule has 0 bridgehead atoms. The number of nitrogens with zero attached hydrogens (tertiary/aromatic N) is 1. The summed E-state index contributed by atoms with van der Waals surface area (Å²) >= 11 is 2.28. The molecule has 0 unspecified atom stereocenters. The number of fused-ring (bicyclic) bond motifs is 1. The zero-order valence-electron chi connectivity index (χ0n) is 10.4. The van der Waals surface area contributed by atoms with Crippen molar-refractivity contribution in [3.63, 3.8) is 0 Å². The number of amides is 1. The van der Waals surface area contributed by atoms with Crippen molar-refractivity contribution in [3.8, 4) is 0 Å². The minimum Gasteiger partial charge on any atom is -0.338 e. The lowest BCUT2D eigenvalue weighted by atomic mass is 10.0. The lowest BCUT2D eigenvalue weighted by molar-refractivity contribution is 0.0780. The molecule has 2 fully saturated rings. The molecule has 1 N–H and O–H groups in total. The van der Waals surface area contributed by atoms with Crippen LogP contribution in [0.1, 0.15) is 15.9 Å².